The largest absolute Gasteiger partial charge is 0.507 e. The molecule has 0 aromatic heterocycles. The van der Waals surface area contributed by atoms with E-state index in [0.29, 0.717) is 18.1 Å². The molecule has 1 N–H and O–H groups in total. The molecule has 0 spiro atoms. The van der Waals surface area contributed by atoms with E-state index in [0.717, 1.165) is 61.8 Å². The predicted octanol–water partition coefficient (Wildman–Crippen LogP) is 5.70. The smallest absolute Gasteiger partial charge is 0.294 e. The summed E-state index contributed by atoms with van der Waals surface area (Å²) in [6.45, 7) is 6.67. The second kappa shape index (κ2) is 9.06. The number of allylic oxidation sites excluding steroid dienone is 2. The zero-order valence-electron chi connectivity index (χ0n) is 17.8. The zero-order chi connectivity index (χ0) is 21.0. The molecule has 3 rings (SSSR count). The van der Waals surface area contributed by atoms with E-state index in [4.69, 9.17) is 4.74 Å². The summed E-state index contributed by atoms with van der Waals surface area (Å²) < 4.78 is 6.38. The molecule has 1 aromatic rings. The summed E-state index contributed by atoms with van der Waals surface area (Å²) >= 11 is 0. The van der Waals surface area contributed by atoms with Crippen LogP contribution in [0.15, 0.2) is 23.8 Å². The van der Waals surface area contributed by atoms with Crippen LogP contribution in [-0.2, 0) is 11.3 Å². The van der Waals surface area contributed by atoms with E-state index in [9.17, 15) is 15.2 Å². The fraction of sp³-hybridized carbons (Fsp3) is 0.652. The van der Waals surface area contributed by atoms with Crippen molar-refractivity contribution in [3.05, 3.63) is 45.0 Å². The SMILES string of the molecule is CC1=C[C@H]2c3c(O)cc(CCCCCCCO[N+](=O)[O-])cc3OC(C)(C)[C@@H]2CC1. The summed E-state index contributed by atoms with van der Waals surface area (Å²) in [6, 6.07) is 4.01. The first-order chi connectivity index (χ1) is 13.8. The van der Waals surface area contributed by atoms with E-state index in [1.54, 1.807) is 0 Å². The molecule has 0 saturated heterocycles. The first-order valence-electron chi connectivity index (χ1n) is 10.8. The van der Waals surface area contributed by atoms with Crippen molar-refractivity contribution in [1.29, 1.82) is 0 Å². The summed E-state index contributed by atoms with van der Waals surface area (Å²) in [6.07, 6.45) is 10.1. The number of phenolic OH excluding ortho intramolecular Hbond substituents is 1. The molecule has 2 atom stereocenters. The van der Waals surface area contributed by atoms with Crippen LogP contribution in [0.3, 0.4) is 0 Å². The summed E-state index contributed by atoms with van der Waals surface area (Å²) in [4.78, 5) is 14.4. The number of hydrogen-bond donors (Lipinski definition) is 1. The lowest BCUT2D eigenvalue weighted by Gasteiger charge is -2.46. The topological polar surface area (TPSA) is 81.8 Å². The van der Waals surface area contributed by atoms with Crippen molar-refractivity contribution in [2.45, 2.75) is 83.7 Å². The quantitative estimate of drug-likeness (QED) is 0.247. The second-order valence-corrected chi connectivity index (χ2v) is 8.99. The molecule has 0 bridgehead atoms. The van der Waals surface area contributed by atoms with Crippen LogP contribution in [0.5, 0.6) is 11.5 Å². The lowest BCUT2D eigenvalue weighted by Crippen LogP contribution is -2.45. The maximum atomic E-state index is 10.8. The molecule has 0 amide bonds. The van der Waals surface area contributed by atoms with Gasteiger partial charge in [-0.15, -0.1) is 10.1 Å². The fourth-order valence-electron chi connectivity index (χ4n) is 4.82. The Labute approximate surface area is 173 Å². The van der Waals surface area contributed by atoms with Gasteiger partial charge in [-0.25, -0.2) is 0 Å². The fourth-order valence-corrected chi connectivity index (χ4v) is 4.82. The number of phenols is 1. The lowest BCUT2D eigenvalue weighted by atomic mass is 9.68. The minimum Gasteiger partial charge on any atom is -0.507 e. The van der Waals surface area contributed by atoms with Crippen molar-refractivity contribution in [2.24, 2.45) is 5.92 Å². The Kier molecular flexibility index (Phi) is 6.70. The number of rotatable bonds is 9. The average molecular weight is 404 g/mol. The molecule has 6 heteroatoms. The maximum Gasteiger partial charge on any atom is 0.294 e. The molecule has 1 aliphatic heterocycles. The predicted molar refractivity (Wildman–Crippen MR) is 112 cm³/mol. The molecule has 0 unspecified atom stereocenters. The van der Waals surface area contributed by atoms with Crippen LogP contribution in [0.4, 0.5) is 0 Å². The van der Waals surface area contributed by atoms with Gasteiger partial charge in [0, 0.05) is 17.4 Å². The molecule has 0 radical (unpaired) electrons. The molecular formula is C23H33NO5. The Morgan fingerprint density at radius 1 is 1.24 bits per heavy atom. The van der Waals surface area contributed by atoms with Gasteiger partial charge < -0.3 is 14.7 Å². The van der Waals surface area contributed by atoms with E-state index in [2.05, 4.69) is 37.8 Å². The third kappa shape index (κ3) is 5.22. The molecule has 2 aliphatic rings. The van der Waals surface area contributed by atoms with Gasteiger partial charge in [-0.3, -0.25) is 0 Å². The number of fused-ring (bicyclic) bond motifs is 3. The molecule has 0 fully saturated rings. The Hall–Kier alpha value is -2.24. The van der Waals surface area contributed by atoms with Crippen LogP contribution in [0.2, 0.25) is 0 Å². The van der Waals surface area contributed by atoms with Gasteiger partial charge >= 0.3 is 0 Å². The van der Waals surface area contributed by atoms with Gasteiger partial charge in [0.15, 0.2) is 0 Å². The summed E-state index contributed by atoms with van der Waals surface area (Å²) in [5.41, 5.74) is 3.19. The Balaban J connectivity index is 1.59. The molecule has 29 heavy (non-hydrogen) atoms. The van der Waals surface area contributed by atoms with E-state index >= 15 is 0 Å². The van der Waals surface area contributed by atoms with E-state index < -0.39 is 5.09 Å². The van der Waals surface area contributed by atoms with Gasteiger partial charge in [0.2, 0.25) is 0 Å². The van der Waals surface area contributed by atoms with Crippen molar-refractivity contribution in [1.82, 2.24) is 0 Å². The number of nitrogens with zero attached hydrogens (tertiary/aromatic N) is 1. The summed E-state index contributed by atoms with van der Waals surface area (Å²) in [5, 5.41) is 20.2. The van der Waals surface area contributed by atoms with Crippen molar-refractivity contribution in [3.8, 4) is 11.5 Å². The molecule has 1 aliphatic carbocycles. The number of aryl methyl sites for hydroxylation is 1. The lowest BCUT2D eigenvalue weighted by molar-refractivity contribution is -0.757. The van der Waals surface area contributed by atoms with Crippen molar-refractivity contribution in [3.63, 3.8) is 0 Å². The molecule has 160 valence electrons. The highest BCUT2D eigenvalue weighted by atomic mass is 16.9. The highest BCUT2D eigenvalue weighted by Crippen LogP contribution is 2.53. The Morgan fingerprint density at radius 3 is 2.72 bits per heavy atom. The monoisotopic (exact) mass is 403 g/mol. The molecular weight excluding hydrogens is 370 g/mol. The van der Waals surface area contributed by atoms with Gasteiger partial charge in [0.05, 0.1) is 6.61 Å². The van der Waals surface area contributed by atoms with Crippen LogP contribution in [0.1, 0.15) is 82.8 Å². The average Bonchev–Trinajstić information content (AvgIpc) is 2.62. The molecule has 6 nitrogen and oxygen atoms in total. The number of unbranched alkanes of at least 4 members (excludes halogenated alkanes) is 4. The van der Waals surface area contributed by atoms with E-state index in [-0.39, 0.29) is 18.1 Å². The van der Waals surface area contributed by atoms with Gasteiger partial charge in [-0.1, -0.05) is 30.9 Å². The molecule has 1 aromatic carbocycles. The van der Waals surface area contributed by atoms with Crippen molar-refractivity contribution >= 4 is 0 Å². The van der Waals surface area contributed by atoms with Crippen LogP contribution in [-0.4, -0.2) is 22.4 Å². The van der Waals surface area contributed by atoms with E-state index in [1.807, 2.05) is 6.07 Å². The van der Waals surface area contributed by atoms with Gasteiger partial charge in [-0.2, -0.15) is 0 Å². The minimum atomic E-state index is -0.738. The number of aromatic hydroxyl groups is 1. The van der Waals surface area contributed by atoms with Gasteiger partial charge in [-0.05, 0) is 70.6 Å². The third-order valence-corrected chi connectivity index (χ3v) is 6.33. The number of hydrogen-bond acceptors (Lipinski definition) is 5. The Morgan fingerprint density at radius 2 is 1.97 bits per heavy atom. The first kappa shape index (κ1) is 21.5. The van der Waals surface area contributed by atoms with Crippen LogP contribution >= 0.6 is 0 Å². The first-order valence-corrected chi connectivity index (χ1v) is 10.8. The normalized spacial score (nSPS) is 22.1. The van der Waals surface area contributed by atoms with E-state index in [1.165, 1.54) is 5.57 Å². The highest BCUT2D eigenvalue weighted by molar-refractivity contribution is 5.54. The summed E-state index contributed by atoms with van der Waals surface area (Å²) in [5.74, 6) is 1.78. The number of benzene rings is 1. The van der Waals surface area contributed by atoms with Crippen molar-refractivity contribution < 1.29 is 19.8 Å². The van der Waals surface area contributed by atoms with Crippen LogP contribution < -0.4 is 4.74 Å². The van der Waals surface area contributed by atoms with Crippen molar-refractivity contribution in [2.75, 3.05) is 6.61 Å². The second-order valence-electron chi connectivity index (χ2n) is 8.99. The Bertz CT molecular complexity index is 771. The highest BCUT2D eigenvalue weighted by Gasteiger charge is 2.45. The van der Waals surface area contributed by atoms with Crippen LogP contribution in [0, 0.1) is 16.0 Å². The standard InChI is InChI=1S/C23H33NO5/c1-16-10-11-19-18(13-16)22-20(25)14-17(15-21(22)29-23(19,2)3)9-7-5-4-6-8-12-28-24(26)27/h13-15,18-19,25H,4-12H2,1-3H3/t18-,19-/m1/s1. The number of ether oxygens (including phenoxy) is 1. The molecule has 1 heterocycles. The van der Waals surface area contributed by atoms with Crippen LogP contribution in [0.25, 0.3) is 0 Å². The molecule has 0 saturated carbocycles. The third-order valence-electron chi connectivity index (χ3n) is 6.33. The zero-order valence-corrected chi connectivity index (χ0v) is 17.8. The maximum absolute atomic E-state index is 10.8. The minimum absolute atomic E-state index is 0.175. The van der Waals surface area contributed by atoms with Gasteiger partial charge in [0.1, 0.15) is 17.1 Å². The summed E-state index contributed by atoms with van der Waals surface area (Å²) in [7, 11) is 0. The van der Waals surface area contributed by atoms with Gasteiger partial charge in [0.25, 0.3) is 5.09 Å².